The van der Waals surface area contributed by atoms with Crippen LogP contribution in [0.15, 0.2) is 60.7 Å². The molecule has 4 rings (SSSR count). The quantitative estimate of drug-likeness (QED) is 0.770. The van der Waals surface area contributed by atoms with E-state index in [-0.39, 0.29) is 0 Å². The number of fused-ring (bicyclic) bond motifs is 1. The van der Waals surface area contributed by atoms with Crippen molar-refractivity contribution in [2.24, 2.45) is 0 Å². The summed E-state index contributed by atoms with van der Waals surface area (Å²) in [5.74, 6) is 1.72. The molecule has 1 aliphatic rings. The number of H-pyrrole nitrogens is 1. The molecule has 0 unspecified atom stereocenters. The van der Waals surface area contributed by atoms with Crippen LogP contribution >= 0.6 is 0 Å². The Morgan fingerprint density at radius 2 is 1.75 bits per heavy atom. The van der Waals surface area contributed by atoms with Crippen LogP contribution in [-0.2, 0) is 0 Å². The molecule has 0 bridgehead atoms. The van der Waals surface area contributed by atoms with Gasteiger partial charge < -0.3 is 4.98 Å². The van der Waals surface area contributed by atoms with Crippen LogP contribution in [0.25, 0.3) is 17.1 Å². The summed E-state index contributed by atoms with van der Waals surface area (Å²) in [4.78, 5) is 10.8. The van der Waals surface area contributed by atoms with Gasteiger partial charge in [0, 0.05) is 12.5 Å². The second kappa shape index (κ2) is 7.02. The van der Waals surface area contributed by atoms with E-state index < -0.39 is 0 Å². The maximum absolute atomic E-state index is 4.78. The van der Waals surface area contributed by atoms with Crippen LogP contribution < -0.4 is 0 Å². The highest BCUT2D eigenvalue weighted by molar-refractivity contribution is 5.74. The van der Waals surface area contributed by atoms with Crippen LogP contribution in [-0.4, -0.2) is 34.5 Å². The van der Waals surface area contributed by atoms with E-state index in [2.05, 4.69) is 76.6 Å². The number of benzene rings is 2. The van der Waals surface area contributed by atoms with Gasteiger partial charge in [0.15, 0.2) is 0 Å². The molecule has 24 heavy (non-hydrogen) atoms. The summed E-state index contributed by atoms with van der Waals surface area (Å²) < 4.78 is 0. The standard InChI is InChI=1S/C21H23N3/c1-2-7-17(8-3-1)9-6-14-24-15-12-18(13-16-24)21-22-19-10-4-5-11-20(19)23-21/h1-11,18H,12-16H2,(H,22,23)/b9-6+. The Balaban J connectivity index is 1.32. The van der Waals surface area contributed by atoms with Crippen molar-refractivity contribution in [3.8, 4) is 0 Å². The zero-order valence-corrected chi connectivity index (χ0v) is 13.9. The van der Waals surface area contributed by atoms with Gasteiger partial charge in [0.2, 0.25) is 0 Å². The van der Waals surface area contributed by atoms with Gasteiger partial charge in [0.05, 0.1) is 11.0 Å². The van der Waals surface area contributed by atoms with E-state index in [0.717, 1.165) is 36.5 Å². The maximum atomic E-state index is 4.78. The fourth-order valence-corrected chi connectivity index (χ4v) is 3.46. The summed E-state index contributed by atoms with van der Waals surface area (Å²) in [7, 11) is 0. The smallest absolute Gasteiger partial charge is 0.110 e. The molecule has 3 nitrogen and oxygen atoms in total. The molecule has 1 fully saturated rings. The minimum atomic E-state index is 0.562. The first-order chi connectivity index (χ1) is 11.9. The van der Waals surface area contributed by atoms with E-state index in [1.54, 1.807) is 0 Å². The van der Waals surface area contributed by atoms with Crippen molar-refractivity contribution >= 4 is 17.1 Å². The number of para-hydroxylation sites is 2. The molecule has 1 N–H and O–H groups in total. The van der Waals surface area contributed by atoms with Crippen molar-refractivity contribution in [1.29, 1.82) is 0 Å². The molecule has 3 heteroatoms. The van der Waals surface area contributed by atoms with Gasteiger partial charge in [-0.15, -0.1) is 0 Å². The SMILES string of the molecule is C(=C\c1ccccc1)/CN1CCC(c2nc3ccccc3[nH]2)CC1. The average Bonchev–Trinajstić information content (AvgIpc) is 3.07. The van der Waals surface area contributed by atoms with E-state index in [1.165, 1.54) is 18.4 Å². The number of piperidine rings is 1. The van der Waals surface area contributed by atoms with Gasteiger partial charge in [-0.3, -0.25) is 4.90 Å². The van der Waals surface area contributed by atoms with Crippen LogP contribution in [0, 0.1) is 0 Å². The third kappa shape index (κ3) is 3.41. The van der Waals surface area contributed by atoms with Crippen LogP contribution in [0.3, 0.4) is 0 Å². The van der Waals surface area contributed by atoms with Crippen molar-refractivity contribution in [3.05, 3.63) is 72.1 Å². The third-order valence-corrected chi connectivity index (χ3v) is 4.86. The van der Waals surface area contributed by atoms with E-state index >= 15 is 0 Å². The minimum absolute atomic E-state index is 0.562. The Bertz CT molecular complexity index is 778. The van der Waals surface area contributed by atoms with Crippen molar-refractivity contribution in [2.45, 2.75) is 18.8 Å². The summed E-state index contributed by atoms with van der Waals surface area (Å²) >= 11 is 0. The molecular weight excluding hydrogens is 294 g/mol. The first-order valence-electron chi connectivity index (χ1n) is 8.77. The number of nitrogens with zero attached hydrogens (tertiary/aromatic N) is 2. The molecule has 122 valence electrons. The molecule has 1 aliphatic heterocycles. The summed E-state index contributed by atoms with van der Waals surface area (Å²) in [6.45, 7) is 3.31. The lowest BCUT2D eigenvalue weighted by Gasteiger charge is -2.30. The molecule has 0 amide bonds. The van der Waals surface area contributed by atoms with Gasteiger partial charge in [0.25, 0.3) is 0 Å². The Hall–Kier alpha value is -2.39. The monoisotopic (exact) mass is 317 g/mol. The molecule has 3 aromatic rings. The highest BCUT2D eigenvalue weighted by atomic mass is 15.1. The van der Waals surface area contributed by atoms with Gasteiger partial charge in [0.1, 0.15) is 5.82 Å². The zero-order valence-electron chi connectivity index (χ0n) is 13.9. The first kappa shape index (κ1) is 15.2. The normalized spacial score (nSPS) is 17.0. The number of aromatic nitrogens is 2. The third-order valence-electron chi connectivity index (χ3n) is 4.86. The molecule has 0 atom stereocenters. The predicted molar refractivity (Wildman–Crippen MR) is 100.0 cm³/mol. The second-order valence-corrected chi connectivity index (χ2v) is 6.53. The fourth-order valence-electron chi connectivity index (χ4n) is 3.46. The second-order valence-electron chi connectivity index (χ2n) is 6.53. The van der Waals surface area contributed by atoms with Crippen LogP contribution in [0.5, 0.6) is 0 Å². The van der Waals surface area contributed by atoms with Gasteiger partial charge in [-0.25, -0.2) is 4.98 Å². The highest BCUT2D eigenvalue weighted by Crippen LogP contribution is 2.27. The summed E-state index contributed by atoms with van der Waals surface area (Å²) in [6, 6.07) is 18.8. The number of likely N-dealkylation sites (tertiary alicyclic amines) is 1. The lowest BCUT2D eigenvalue weighted by atomic mass is 9.96. The van der Waals surface area contributed by atoms with Crippen LogP contribution in [0.1, 0.15) is 30.1 Å². The van der Waals surface area contributed by atoms with E-state index in [1.807, 2.05) is 0 Å². The Kier molecular flexibility index (Phi) is 4.43. The van der Waals surface area contributed by atoms with Crippen LogP contribution in [0.4, 0.5) is 0 Å². The van der Waals surface area contributed by atoms with Gasteiger partial charge >= 0.3 is 0 Å². The molecule has 0 spiro atoms. The van der Waals surface area contributed by atoms with E-state index in [9.17, 15) is 0 Å². The fraction of sp³-hybridized carbons (Fsp3) is 0.286. The van der Waals surface area contributed by atoms with E-state index in [4.69, 9.17) is 4.98 Å². The first-order valence-corrected chi connectivity index (χ1v) is 8.77. The molecule has 0 aliphatic carbocycles. The molecule has 2 heterocycles. The summed E-state index contributed by atoms with van der Waals surface area (Å²) in [6.07, 6.45) is 6.85. The molecule has 1 saturated heterocycles. The molecule has 0 saturated carbocycles. The Morgan fingerprint density at radius 3 is 2.54 bits per heavy atom. The number of nitrogens with one attached hydrogen (secondary N) is 1. The van der Waals surface area contributed by atoms with Crippen molar-refractivity contribution in [1.82, 2.24) is 14.9 Å². The Labute approximate surface area is 143 Å². The van der Waals surface area contributed by atoms with Crippen molar-refractivity contribution in [3.63, 3.8) is 0 Å². The topological polar surface area (TPSA) is 31.9 Å². The van der Waals surface area contributed by atoms with Gasteiger partial charge in [-0.05, 0) is 43.6 Å². The lowest BCUT2D eigenvalue weighted by molar-refractivity contribution is 0.230. The van der Waals surface area contributed by atoms with E-state index in [0.29, 0.717) is 5.92 Å². The number of aromatic amines is 1. The van der Waals surface area contributed by atoms with Crippen LogP contribution in [0.2, 0.25) is 0 Å². The highest BCUT2D eigenvalue weighted by Gasteiger charge is 2.22. The number of hydrogen-bond acceptors (Lipinski definition) is 2. The van der Waals surface area contributed by atoms with Gasteiger partial charge in [-0.1, -0.05) is 54.6 Å². The zero-order chi connectivity index (χ0) is 16.2. The predicted octanol–water partition coefficient (Wildman–Crippen LogP) is 4.46. The molecular formula is C21H23N3. The minimum Gasteiger partial charge on any atom is -0.342 e. The van der Waals surface area contributed by atoms with Crippen molar-refractivity contribution in [2.75, 3.05) is 19.6 Å². The maximum Gasteiger partial charge on any atom is 0.110 e. The summed E-state index contributed by atoms with van der Waals surface area (Å²) in [5, 5.41) is 0. The molecule has 1 aromatic heterocycles. The van der Waals surface area contributed by atoms with Crippen molar-refractivity contribution < 1.29 is 0 Å². The summed E-state index contributed by atoms with van der Waals surface area (Å²) in [5.41, 5.74) is 3.51. The molecule has 2 aromatic carbocycles. The lowest BCUT2D eigenvalue weighted by Crippen LogP contribution is -2.33. The number of hydrogen-bond donors (Lipinski definition) is 1. The Morgan fingerprint density at radius 1 is 1.00 bits per heavy atom. The number of rotatable bonds is 4. The number of imidazole rings is 1. The van der Waals surface area contributed by atoms with Gasteiger partial charge in [-0.2, -0.15) is 0 Å². The largest absolute Gasteiger partial charge is 0.342 e. The molecule has 0 radical (unpaired) electrons. The average molecular weight is 317 g/mol.